The molecule has 0 aliphatic carbocycles. The maximum absolute atomic E-state index is 10.9. The third kappa shape index (κ3) is 5.53. The first-order valence-electron chi connectivity index (χ1n) is 6.37. The van der Waals surface area contributed by atoms with Gasteiger partial charge in [-0.2, -0.15) is 5.10 Å². The Morgan fingerprint density at radius 3 is 2.57 bits per heavy atom. The summed E-state index contributed by atoms with van der Waals surface area (Å²) in [4.78, 5) is 20.1. The number of rotatable bonds is 9. The van der Waals surface area contributed by atoms with Gasteiger partial charge in [-0.25, -0.2) is 0 Å². The van der Waals surface area contributed by atoms with Crippen LogP contribution in [0.4, 0.5) is 17.1 Å². The molecule has 0 aliphatic heterocycles. The number of hydrogen-bond acceptors (Lipinski definition) is 7. The number of unbranched alkanes of at least 4 members (excludes halogenated alkanes) is 3. The van der Waals surface area contributed by atoms with Gasteiger partial charge >= 0.3 is 5.69 Å². The van der Waals surface area contributed by atoms with E-state index >= 15 is 0 Å². The Morgan fingerprint density at radius 1 is 1.19 bits per heavy atom. The molecule has 1 rings (SSSR count). The first-order valence-corrected chi connectivity index (χ1v) is 6.37. The lowest BCUT2D eigenvalue weighted by Crippen LogP contribution is -1.98. The fourth-order valence-corrected chi connectivity index (χ4v) is 1.58. The molecule has 0 heterocycles. The van der Waals surface area contributed by atoms with Crippen LogP contribution in [0.3, 0.4) is 0 Å². The molecule has 1 aromatic carbocycles. The molecule has 0 bridgehead atoms. The molecule has 9 heteroatoms. The fraction of sp³-hybridized carbons (Fsp3) is 0.417. The Labute approximate surface area is 120 Å². The Bertz CT molecular complexity index is 532. The molecule has 0 saturated heterocycles. The van der Waals surface area contributed by atoms with E-state index in [1.165, 1.54) is 12.1 Å². The van der Waals surface area contributed by atoms with Crippen LogP contribution in [0.2, 0.25) is 0 Å². The number of nitro groups is 2. The molecule has 0 saturated carbocycles. The molecule has 114 valence electrons. The summed E-state index contributed by atoms with van der Waals surface area (Å²) < 4.78 is 0. The molecular formula is C12H16N4O5. The number of benzene rings is 1. The van der Waals surface area contributed by atoms with E-state index in [0.29, 0.717) is 6.42 Å². The molecule has 9 nitrogen and oxygen atoms in total. The summed E-state index contributed by atoms with van der Waals surface area (Å²) in [6.45, 7) is 0.157. The van der Waals surface area contributed by atoms with E-state index in [4.69, 9.17) is 5.11 Å². The van der Waals surface area contributed by atoms with Crippen LogP contribution >= 0.6 is 0 Å². The number of nitrogens with zero attached hydrogens (tertiary/aromatic N) is 3. The van der Waals surface area contributed by atoms with Crippen molar-refractivity contribution in [3.05, 3.63) is 38.4 Å². The van der Waals surface area contributed by atoms with Crippen LogP contribution in [0.5, 0.6) is 0 Å². The monoisotopic (exact) mass is 296 g/mol. The Hall–Kier alpha value is -2.55. The lowest BCUT2D eigenvalue weighted by atomic mass is 10.2. The fourth-order valence-electron chi connectivity index (χ4n) is 1.58. The third-order valence-electron chi connectivity index (χ3n) is 2.66. The summed E-state index contributed by atoms with van der Waals surface area (Å²) in [5.74, 6) is 0. The van der Waals surface area contributed by atoms with Crippen molar-refractivity contribution in [1.82, 2.24) is 0 Å². The van der Waals surface area contributed by atoms with E-state index in [1.54, 1.807) is 6.21 Å². The lowest BCUT2D eigenvalue weighted by Gasteiger charge is -2.01. The van der Waals surface area contributed by atoms with Crippen molar-refractivity contribution in [2.75, 3.05) is 12.0 Å². The number of nitro benzene ring substituents is 2. The van der Waals surface area contributed by atoms with E-state index in [-0.39, 0.29) is 18.0 Å². The van der Waals surface area contributed by atoms with Gasteiger partial charge in [0.05, 0.1) is 15.9 Å². The van der Waals surface area contributed by atoms with Crippen molar-refractivity contribution in [3.8, 4) is 0 Å². The average Bonchev–Trinajstić information content (AvgIpc) is 2.46. The highest BCUT2D eigenvalue weighted by Gasteiger charge is 2.18. The smallest absolute Gasteiger partial charge is 0.301 e. The van der Waals surface area contributed by atoms with Gasteiger partial charge in [0.25, 0.3) is 5.69 Å². The van der Waals surface area contributed by atoms with Crippen LogP contribution in [0.1, 0.15) is 25.7 Å². The molecular weight excluding hydrogens is 280 g/mol. The minimum Gasteiger partial charge on any atom is -0.396 e. The number of aliphatic hydroxyl groups excluding tert-OH is 1. The summed E-state index contributed by atoms with van der Waals surface area (Å²) in [6.07, 6.45) is 4.71. The molecule has 0 aromatic heterocycles. The van der Waals surface area contributed by atoms with E-state index < -0.39 is 15.5 Å². The van der Waals surface area contributed by atoms with Gasteiger partial charge in [0.15, 0.2) is 0 Å². The minimum atomic E-state index is -0.702. The largest absolute Gasteiger partial charge is 0.396 e. The minimum absolute atomic E-state index is 0.0946. The molecule has 0 aliphatic rings. The van der Waals surface area contributed by atoms with Crippen molar-refractivity contribution in [2.24, 2.45) is 5.10 Å². The van der Waals surface area contributed by atoms with Crippen molar-refractivity contribution >= 4 is 23.3 Å². The van der Waals surface area contributed by atoms with Gasteiger partial charge in [-0.1, -0.05) is 6.42 Å². The quantitative estimate of drug-likeness (QED) is 0.311. The number of anilines is 1. The zero-order chi connectivity index (χ0) is 15.7. The summed E-state index contributed by atoms with van der Waals surface area (Å²) in [5, 5.41) is 33.9. The first-order chi connectivity index (χ1) is 10.1. The van der Waals surface area contributed by atoms with Crippen molar-refractivity contribution in [1.29, 1.82) is 0 Å². The second kappa shape index (κ2) is 8.59. The normalized spacial score (nSPS) is 10.7. The Balaban J connectivity index is 2.64. The van der Waals surface area contributed by atoms with Gasteiger partial charge in [-0.15, -0.1) is 0 Å². The average molecular weight is 296 g/mol. The lowest BCUT2D eigenvalue weighted by molar-refractivity contribution is -0.393. The molecule has 0 spiro atoms. The molecule has 21 heavy (non-hydrogen) atoms. The molecule has 1 aromatic rings. The molecule has 0 unspecified atom stereocenters. The standard InChI is InChI=1S/C12H16N4O5/c17-8-4-2-1-3-7-13-14-11-6-5-10(15(18)19)9-12(11)16(20)21/h5-7,9,14,17H,1-4,8H2/b13-7+. The van der Waals surface area contributed by atoms with Gasteiger partial charge in [0.2, 0.25) is 0 Å². The molecule has 0 radical (unpaired) electrons. The third-order valence-corrected chi connectivity index (χ3v) is 2.66. The molecule has 2 N–H and O–H groups in total. The van der Waals surface area contributed by atoms with Crippen molar-refractivity contribution < 1.29 is 15.0 Å². The Morgan fingerprint density at radius 2 is 1.95 bits per heavy atom. The molecule has 0 atom stereocenters. The zero-order valence-corrected chi connectivity index (χ0v) is 11.3. The van der Waals surface area contributed by atoms with E-state index in [0.717, 1.165) is 25.3 Å². The predicted molar refractivity (Wildman–Crippen MR) is 77.4 cm³/mol. The van der Waals surface area contributed by atoms with E-state index in [9.17, 15) is 20.2 Å². The highest BCUT2D eigenvalue weighted by molar-refractivity contribution is 5.67. The highest BCUT2D eigenvalue weighted by atomic mass is 16.6. The first kappa shape index (κ1) is 16.5. The van der Waals surface area contributed by atoms with Crippen LogP contribution in [0, 0.1) is 20.2 Å². The number of aliphatic hydroxyl groups is 1. The molecule has 0 amide bonds. The SMILES string of the molecule is O=[N+]([O-])c1ccc(N/N=C/CCCCCO)c([N+](=O)[O-])c1. The van der Waals surface area contributed by atoms with Gasteiger partial charge < -0.3 is 5.11 Å². The van der Waals surface area contributed by atoms with Crippen molar-refractivity contribution in [2.45, 2.75) is 25.7 Å². The van der Waals surface area contributed by atoms with Crippen LogP contribution in [0.15, 0.2) is 23.3 Å². The predicted octanol–water partition coefficient (Wildman–Crippen LogP) is 2.45. The van der Waals surface area contributed by atoms with Gasteiger partial charge in [0, 0.05) is 18.9 Å². The zero-order valence-electron chi connectivity index (χ0n) is 11.3. The number of non-ortho nitro benzene ring substituents is 1. The topological polar surface area (TPSA) is 131 Å². The number of nitrogens with one attached hydrogen (secondary N) is 1. The summed E-state index contributed by atoms with van der Waals surface area (Å²) in [5.41, 5.74) is 1.85. The van der Waals surface area contributed by atoms with Gasteiger partial charge in [-0.3, -0.25) is 25.7 Å². The highest BCUT2D eigenvalue weighted by Crippen LogP contribution is 2.28. The molecule has 0 fully saturated rings. The van der Waals surface area contributed by atoms with Crippen LogP contribution in [-0.4, -0.2) is 27.8 Å². The van der Waals surface area contributed by atoms with Crippen LogP contribution in [-0.2, 0) is 0 Å². The second-order valence-corrected chi connectivity index (χ2v) is 4.21. The van der Waals surface area contributed by atoms with Gasteiger partial charge in [-0.05, 0) is 25.3 Å². The summed E-state index contributed by atoms with van der Waals surface area (Å²) >= 11 is 0. The van der Waals surface area contributed by atoms with Crippen LogP contribution in [0.25, 0.3) is 0 Å². The number of hydrogen-bond donors (Lipinski definition) is 2. The maximum Gasteiger partial charge on any atom is 0.301 e. The van der Waals surface area contributed by atoms with Crippen molar-refractivity contribution in [3.63, 3.8) is 0 Å². The summed E-state index contributed by atoms with van der Waals surface area (Å²) in [6, 6.07) is 3.31. The number of hydrazone groups is 1. The maximum atomic E-state index is 10.9. The van der Waals surface area contributed by atoms with Gasteiger partial charge in [0.1, 0.15) is 5.69 Å². The van der Waals surface area contributed by atoms with Crippen LogP contribution < -0.4 is 5.43 Å². The van der Waals surface area contributed by atoms with E-state index in [1.807, 2.05) is 0 Å². The Kier molecular flexibility index (Phi) is 6.75. The summed E-state index contributed by atoms with van der Waals surface area (Å²) in [7, 11) is 0. The second-order valence-electron chi connectivity index (χ2n) is 4.21. The van der Waals surface area contributed by atoms with E-state index in [2.05, 4.69) is 10.5 Å².